The quantitative estimate of drug-likeness (QED) is 0.363. The number of carbonyl (C=O) groups is 1. The number of ether oxygens (including phenoxy) is 1. The first-order chi connectivity index (χ1) is 14.5. The minimum atomic E-state index is -0.638. The summed E-state index contributed by atoms with van der Waals surface area (Å²) in [5, 5.41) is 12.4. The Bertz CT molecular complexity index is 1100. The number of hydrogen-bond donors (Lipinski definition) is 1. The van der Waals surface area contributed by atoms with Crippen molar-refractivity contribution in [3.05, 3.63) is 99.3 Å². The van der Waals surface area contributed by atoms with Crippen molar-refractivity contribution in [1.82, 2.24) is 0 Å². The van der Waals surface area contributed by atoms with Gasteiger partial charge in [-0.2, -0.15) is 5.26 Å². The van der Waals surface area contributed by atoms with Gasteiger partial charge < -0.3 is 10.1 Å². The van der Waals surface area contributed by atoms with E-state index >= 15 is 0 Å². The number of amides is 1. The lowest BCUT2D eigenvalue weighted by Gasteiger charge is -2.11. The number of benzene rings is 3. The minimum absolute atomic E-state index is 0.163. The zero-order chi connectivity index (χ0) is 21.5. The predicted molar refractivity (Wildman–Crippen MR) is 116 cm³/mol. The standard InChI is InChI=1S/C23H15Cl2FN2O2/c24-20-11-16(12-21(25)22(20)30-14-15-4-2-1-3-5-15)10-17(13-27)23(29)28-19-8-6-18(26)7-9-19/h1-12H,14H2,(H,28,29)/b17-10+. The zero-order valence-corrected chi connectivity index (χ0v) is 17.0. The maximum atomic E-state index is 13.0. The first-order valence-corrected chi connectivity index (χ1v) is 9.56. The maximum absolute atomic E-state index is 13.0. The fourth-order valence-corrected chi connectivity index (χ4v) is 3.19. The van der Waals surface area contributed by atoms with Crippen LogP contribution in [-0.4, -0.2) is 5.91 Å². The van der Waals surface area contributed by atoms with Gasteiger partial charge in [-0.15, -0.1) is 0 Å². The summed E-state index contributed by atoms with van der Waals surface area (Å²) in [5.74, 6) is -0.753. The normalized spacial score (nSPS) is 10.9. The zero-order valence-electron chi connectivity index (χ0n) is 15.5. The first-order valence-electron chi connectivity index (χ1n) is 8.81. The van der Waals surface area contributed by atoms with Gasteiger partial charge in [-0.25, -0.2) is 4.39 Å². The third-order valence-corrected chi connectivity index (χ3v) is 4.59. The first kappa shape index (κ1) is 21.4. The summed E-state index contributed by atoms with van der Waals surface area (Å²) < 4.78 is 18.7. The second-order valence-electron chi connectivity index (χ2n) is 6.22. The van der Waals surface area contributed by atoms with Crippen molar-refractivity contribution in [1.29, 1.82) is 5.26 Å². The van der Waals surface area contributed by atoms with Crippen molar-refractivity contribution in [3.63, 3.8) is 0 Å². The van der Waals surface area contributed by atoms with E-state index in [1.807, 2.05) is 36.4 Å². The molecule has 7 heteroatoms. The van der Waals surface area contributed by atoms with Crippen molar-refractivity contribution in [2.24, 2.45) is 0 Å². The van der Waals surface area contributed by atoms with Crippen LogP contribution in [0.2, 0.25) is 10.0 Å². The number of carbonyl (C=O) groups excluding carboxylic acids is 1. The maximum Gasteiger partial charge on any atom is 0.266 e. The largest absolute Gasteiger partial charge is 0.486 e. The van der Waals surface area contributed by atoms with Gasteiger partial charge in [0.05, 0.1) is 10.0 Å². The van der Waals surface area contributed by atoms with Crippen LogP contribution in [0.25, 0.3) is 6.08 Å². The molecule has 0 saturated heterocycles. The molecule has 0 aliphatic carbocycles. The van der Waals surface area contributed by atoms with Gasteiger partial charge in [-0.1, -0.05) is 53.5 Å². The topological polar surface area (TPSA) is 62.1 Å². The Morgan fingerprint density at radius 2 is 1.70 bits per heavy atom. The highest BCUT2D eigenvalue weighted by Gasteiger charge is 2.13. The van der Waals surface area contributed by atoms with Crippen LogP contribution in [0.4, 0.5) is 10.1 Å². The molecule has 3 aromatic carbocycles. The molecule has 0 bridgehead atoms. The van der Waals surface area contributed by atoms with E-state index in [0.29, 0.717) is 23.6 Å². The van der Waals surface area contributed by atoms with Gasteiger partial charge >= 0.3 is 0 Å². The van der Waals surface area contributed by atoms with Crippen LogP contribution in [0.15, 0.2) is 72.3 Å². The molecule has 3 rings (SSSR count). The van der Waals surface area contributed by atoms with Gasteiger partial charge in [0.2, 0.25) is 0 Å². The average Bonchev–Trinajstić information content (AvgIpc) is 2.73. The fourth-order valence-electron chi connectivity index (χ4n) is 2.58. The Morgan fingerprint density at radius 1 is 1.07 bits per heavy atom. The molecule has 0 radical (unpaired) electrons. The van der Waals surface area contributed by atoms with Crippen molar-refractivity contribution in [2.75, 3.05) is 5.32 Å². The predicted octanol–water partition coefficient (Wildman–Crippen LogP) is 6.26. The SMILES string of the molecule is N#C/C(=C\c1cc(Cl)c(OCc2ccccc2)c(Cl)c1)C(=O)Nc1ccc(F)cc1. The molecule has 0 saturated carbocycles. The van der Waals surface area contributed by atoms with Crippen LogP contribution in [0.1, 0.15) is 11.1 Å². The van der Waals surface area contributed by atoms with Crippen LogP contribution >= 0.6 is 23.2 Å². The summed E-state index contributed by atoms with van der Waals surface area (Å²) in [6.45, 7) is 0.291. The van der Waals surface area contributed by atoms with Crippen LogP contribution in [0.3, 0.4) is 0 Å². The number of hydrogen-bond acceptors (Lipinski definition) is 3. The number of nitrogens with zero attached hydrogens (tertiary/aromatic N) is 1. The summed E-state index contributed by atoms with van der Waals surface area (Å²) in [4.78, 5) is 12.3. The average molecular weight is 441 g/mol. The minimum Gasteiger partial charge on any atom is -0.486 e. The van der Waals surface area contributed by atoms with E-state index in [2.05, 4.69) is 5.32 Å². The summed E-state index contributed by atoms with van der Waals surface area (Å²) >= 11 is 12.6. The number of halogens is 3. The molecule has 30 heavy (non-hydrogen) atoms. The molecule has 0 aliphatic heterocycles. The molecule has 0 heterocycles. The smallest absolute Gasteiger partial charge is 0.266 e. The van der Waals surface area contributed by atoms with Crippen molar-refractivity contribution < 1.29 is 13.9 Å². The van der Waals surface area contributed by atoms with E-state index in [-0.39, 0.29) is 15.6 Å². The Morgan fingerprint density at radius 3 is 2.30 bits per heavy atom. The molecule has 0 fully saturated rings. The molecule has 4 nitrogen and oxygen atoms in total. The van der Waals surface area contributed by atoms with Crippen LogP contribution in [0, 0.1) is 17.1 Å². The molecular weight excluding hydrogens is 426 g/mol. The second-order valence-corrected chi connectivity index (χ2v) is 7.03. The van der Waals surface area contributed by atoms with Gasteiger partial charge in [0, 0.05) is 5.69 Å². The van der Waals surface area contributed by atoms with E-state index in [0.717, 1.165) is 5.56 Å². The van der Waals surface area contributed by atoms with Crippen molar-refractivity contribution in [2.45, 2.75) is 6.61 Å². The number of nitriles is 1. The number of rotatable bonds is 6. The monoisotopic (exact) mass is 440 g/mol. The molecule has 3 aromatic rings. The summed E-state index contributed by atoms with van der Waals surface area (Å²) in [5.41, 5.74) is 1.62. The van der Waals surface area contributed by atoms with Crippen LogP contribution in [-0.2, 0) is 11.4 Å². The second kappa shape index (κ2) is 9.93. The highest BCUT2D eigenvalue weighted by Crippen LogP contribution is 2.35. The summed E-state index contributed by atoms with van der Waals surface area (Å²) in [6.07, 6.45) is 1.36. The highest BCUT2D eigenvalue weighted by molar-refractivity contribution is 6.37. The van der Waals surface area contributed by atoms with Gasteiger partial charge in [0.25, 0.3) is 5.91 Å². The lowest BCUT2D eigenvalue weighted by molar-refractivity contribution is -0.112. The van der Waals surface area contributed by atoms with E-state index in [1.165, 1.54) is 30.3 Å². The molecule has 0 atom stereocenters. The van der Waals surface area contributed by atoms with Crippen molar-refractivity contribution in [3.8, 4) is 11.8 Å². The Kier molecular flexibility index (Phi) is 7.08. The third kappa shape index (κ3) is 5.60. The Labute approximate surface area is 183 Å². The highest BCUT2D eigenvalue weighted by atomic mass is 35.5. The fraction of sp³-hybridized carbons (Fsp3) is 0.0435. The molecular formula is C23H15Cl2FN2O2. The van der Waals surface area contributed by atoms with Gasteiger partial charge in [-0.3, -0.25) is 4.79 Å². The summed E-state index contributed by atoms with van der Waals surface area (Å²) in [6, 6.07) is 19.7. The summed E-state index contributed by atoms with van der Waals surface area (Å²) in [7, 11) is 0. The van der Waals surface area contributed by atoms with E-state index in [9.17, 15) is 14.4 Å². The number of anilines is 1. The molecule has 0 aromatic heterocycles. The van der Waals surface area contributed by atoms with Gasteiger partial charge in [0.1, 0.15) is 24.1 Å². The van der Waals surface area contributed by atoms with Crippen LogP contribution < -0.4 is 10.1 Å². The molecule has 150 valence electrons. The van der Waals surface area contributed by atoms with Gasteiger partial charge in [-0.05, 0) is 53.6 Å². The van der Waals surface area contributed by atoms with E-state index in [1.54, 1.807) is 12.1 Å². The van der Waals surface area contributed by atoms with Crippen molar-refractivity contribution >= 4 is 40.9 Å². The Balaban J connectivity index is 1.76. The lowest BCUT2D eigenvalue weighted by atomic mass is 10.1. The lowest BCUT2D eigenvalue weighted by Crippen LogP contribution is -2.13. The molecule has 1 amide bonds. The Hall–Kier alpha value is -3.33. The van der Waals surface area contributed by atoms with Gasteiger partial charge in [0.15, 0.2) is 5.75 Å². The van der Waals surface area contributed by atoms with E-state index in [4.69, 9.17) is 27.9 Å². The molecule has 0 spiro atoms. The van der Waals surface area contributed by atoms with Crippen LogP contribution in [0.5, 0.6) is 5.75 Å². The molecule has 0 unspecified atom stereocenters. The third-order valence-electron chi connectivity index (χ3n) is 4.02. The molecule has 0 aliphatic rings. The number of nitrogens with one attached hydrogen (secondary N) is 1. The molecule has 1 N–H and O–H groups in total. The van der Waals surface area contributed by atoms with E-state index < -0.39 is 11.7 Å².